The first kappa shape index (κ1) is 14.9. The third-order valence-corrected chi connectivity index (χ3v) is 5.08. The monoisotopic (exact) mass is 358 g/mol. The zero-order valence-electron chi connectivity index (χ0n) is 11.7. The average molecular weight is 359 g/mol. The predicted molar refractivity (Wildman–Crippen MR) is 79.0 cm³/mol. The van der Waals surface area contributed by atoms with Gasteiger partial charge < -0.3 is 10.2 Å². The highest BCUT2D eigenvalue weighted by atomic mass is 79.9. The van der Waals surface area contributed by atoms with Crippen molar-refractivity contribution in [2.24, 2.45) is 11.8 Å². The quantitative estimate of drug-likeness (QED) is 0.881. The number of rotatable bonds is 2. The molecule has 0 spiro atoms. The fourth-order valence-corrected chi connectivity index (χ4v) is 4.07. The number of nitrogens with zero attached hydrogens (tertiary/aromatic N) is 1. The van der Waals surface area contributed by atoms with Crippen molar-refractivity contribution >= 4 is 21.8 Å². The first-order valence-corrected chi connectivity index (χ1v) is 7.98. The van der Waals surface area contributed by atoms with Crippen molar-refractivity contribution < 1.29 is 13.6 Å². The second kappa shape index (κ2) is 5.65. The fraction of sp³-hybridized carbons (Fsp3) is 0.533. The van der Waals surface area contributed by atoms with E-state index in [9.17, 15) is 13.6 Å². The van der Waals surface area contributed by atoms with E-state index in [1.54, 1.807) is 4.90 Å². The molecular formula is C15H17BrF2N2O. The standard InChI is InChI=1S/C15H17BrF2N2O/c1-2-13-10-6-19-5-8(10)7-20(13)15(21)14-11(17)3-9(16)4-12(14)18/h3-4,8,10,13,19H,2,5-7H2,1H3. The number of carbonyl (C=O) groups excluding carboxylic acids is 1. The van der Waals surface area contributed by atoms with E-state index in [1.165, 1.54) is 0 Å². The minimum Gasteiger partial charge on any atom is -0.335 e. The zero-order chi connectivity index (χ0) is 15.1. The lowest BCUT2D eigenvalue weighted by Crippen LogP contribution is -2.40. The molecule has 6 heteroatoms. The van der Waals surface area contributed by atoms with Crippen molar-refractivity contribution in [2.45, 2.75) is 19.4 Å². The molecule has 1 aromatic rings. The normalized spacial score (nSPS) is 28.0. The Balaban J connectivity index is 1.92. The van der Waals surface area contributed by atoms with Crippen LogP contribution in [0.4, 0.5) is 8.78 Å². The van der Waals surface area contributed by atoms with Crippen LogP contribution >= 0.6 is 15.9 Å². The Morgan fingerprint density at radius 1 is 1.38 bits per heavy atom. The molecule has 2 fully saturated rings. The molecule has 3 unspecified atom stereocenters. The van der Waals surface area contributed by atoms with Gasteiger partial charge >= 0.3 is 0 Å². The first-order chi connectivity index (χ1) is 10.0. The number of amides is 1. The van der Waals surface area contributed by atoms with Crippen LogP contribution < -0.4 is 5.32 Å². The highest BCUT2D eigenvalue weighted by Gasteiger charge is 2.45. The molecule has 2 heterocycles. The van der Waals surface area contributed by atoms with Gasteiger partial charge in [-0.2, -0.15) is 0 Å². The maximum absolute atomic E-state index is 14.0. The largest absolute Gasteiger partial charge is 0.335 e. The summed E-state index contributed by atoms with van der Waals surface area (Å²) >= 11 is 3.03. The van der Waals surface area contributed by atoms with E-state index in [0.29, 0.717) is 22.9 Å². The average Bonchev–Trinajstić information content (AvgIpc) is 2.96. The summed E-state index contributed by atoms with van der Waals surface area (Å²) in [6.07, 6.45) is 0.800. The van der Waals surface area contributed by atoms with Crippen LogP contribution in [-0.2, 0) is 0 Å². The summed E-state index contributed by atoms with van der Waals surface area (Å²) in [5.41, 5.74) is -0.440. The number of hydrogen-bond donors (Lipinski definition) is 1. The molecular weight excluding hydrogens is 342 g/mol. The maximum Gasteiger partial charge on any atom is 0.260 e. The van der Waals surface area contributed by atoms with E-state index in [-0.39, 0.29) is 6.04 Å². The molecule has 0 bridgehead atoms. The third-order valence-electron chi connectivity index (χ3n) is 4.62. The molecule has 2 aliphatic rings. The van der Waals surface area contributed by atoms with Crippen LogP contribution in [0.15, 0.2) is 16.6 Å². The highest BCUT2D eigenvalue weighted by Crippen LogP contribution is 2.35. The molecule has 0 radical (unpaired) electrons. The fourth-order valence-electron chi connectivity index (χ4n) is 3.67. The van der Waals surface area contributed by atoms with E-state index in [4.69, 9.17) is 0 Å². The van der Waals surface area contributed by atoms with Crippen molar-refractivity contribution in [1.29, 1.82) is 0 Å². The van der Waals surface area contributed by atoms with Gasteiger partial charge in [0.1, 0.15) is 17.2 Å². The van der Waals surface area contributed by atoms with Gasteiger partial charge in [0, 0.05) is 30.1 Å². The lowest BCUT2D eigenvalue weighted by molar-refractivity contribution is 0.0701. The van der Waals surface area contributed by atoms with Gasteiger partial charge in [-0.15, -0.1) is 0 Å². The molecule has 1 aromatic carbocycles. The SMILES string of the molecule is CCC1C2CNCC2CN1C(=O)c1c(F)cc(Br)cc1F. The van der Waals surface area contributed by atoms with Crippen LogP contribution in [-0.4, -0.2) is 36.5 Å². The number of carbonyl (C=O) groups is 1. The van der Waals surface area contributed by atoms with Crippen LogP contribution in [0.25, 0.3) is 0 Å². The molecule has 0 aromatic heterocycles. The van der Waals surface area contributed by atoms with E-state index in [0.717, 1.165) is 31.6 Å². The summed E-state index contributed by atoms with van der Waals surface area (Å²) in [5.74, 6) is -1.37. The Hall–Kier alpha value is -1.01. The van der Waals surface area contributed by atoms with Gasteiger partial charge in [0.05, 0.1) is 0 Å². The van der Waals surface area contributed by atoms with Gasteiger partial charge in [0.2, 0.25) is 0 Å². The number of hydrogen-bond acceptors (Lipinski definition) is 2. The second-order valence-electron chi connectivity index (χ2n) is 5.76. The minimum atomic E-state index is -0.808. The Bertz CT molecular complexity index is 558. The predicted octanol–water partition coefficient (Wildman–Crippen LogP) is 2.80. The lowest BCUT2D eigenvalue weighted by atomic mass is 9.93. The molecule has 114 valence electrons. The van der Waals surface area contributed by atoms with Crippen LogP contribution in [0.2, 0.25) is 0 Å². The van der Waals surface area contributed by atoms with Crippen LogP contribution in [0.3, 0.4) is 0 Å². The summed E-state index contributed by atoms with van der Waals surface area (Å²) in [6, 6.07) is 2.32. The van der Waals surface area contributed by atoms with E-state index in [1.807, 2.05) is 6.92 Å². The van der Waals surface area contributed by atoms with E-state index < -0.39 is 23.1 Å². The molecule has 1 N–H and O–H groups in total. The Labute approximate surface area is 130 Å². The smallest absolute Gasteiger partial charge is 0.260 e. The molecule has 21 heavy (non-hydrogen) atoms. The molecule has 3 atom stereocenters. The van der Waals surface area contributed by atoms with Crippen molar-refractivity contribution in [2.75, 3.05) is 19.6 Å². The molecule has 3 rings (SSSR count). The summed E-state index contributed by atoms with van der Waals surface area (Å²) in [7, 11) is 0. The summed E-state index contributed by atoms with van der Waals surface area (Å²) in [6.45, 7) is 4.33. The first-order valence-electron chi connectivity index (χ1n) is 7.19. The Morgan fingerprint density at radius 3 is 2.67 bits per heavy atom. The van der Waals surface area contributed by atoms with Crippen LogP contribution in [0, 0.1) is 23.5 Å². The number of nitrogens with one attached hydrogen (secondary N) is 1. The molecule has 0 saturated carbocycles. The summed E-state index contributed by atoms with van der Waals surface area (Å²) in [4.78, 5) is 14.3. The zero-order valence-corrected chi connectivity index (χ0v) is 13.3. The van der Waals surface area contributed by atoms with Crippen molar-refractivity contribution in [3.63, 3.8) is 0 Å². The van der Waals surface area contributed by atoms with E-state index >= 15 is 0 Å². The summed E-state index contributed by atoms with van der Waals surface area (Å²) < 4.78 is 28.3. The topological polar surface area (TPSA) is 32.3 Å². The molecule has 0 aliphatic carbocycles. The number of likely N-dealkylation sites (tertiary alicyclic amines) is 1. The third kappa shape index (κ3) is 2.48. The second-order valence-corrected chi connectivity index (χ2v) is 6.68. The molecule has 1 amide bonds. The van der Waals surface area contributed by atoms with Crippen molar-refractivity contribution in [3.05, 3.63) is 33.8 Å². The molecule has 2 aliphatic heterocycles. The van der Waals surface area contributed by atoms with Gasteiger partial charge in [-0.1, -0.05) is 22.9 Å². The number of benzene rings is 1. The maximum atomic E-state index is 14.0. The van der Waals surface area contributed by atoms with Crippen molar-refractivity contribution in [3.8, 4) is 0 Å². The Kier molecular flexibility index (Phi) is 4.01. The van der Waals surface area contributed by atoms with Gasteiger partial charge in [-0.25, -0.2) is 8.78 Å². The van der Waals surface area contributed by atoms with Crippen molar-refractivity contribution in [1.82, 2.24) is 10.2 Å². The lowest BCUT2D eigenvalue weighted by Gasteiger charge is -2.27. The number of halogens is 3. The Morgan fingerprint density at radius 2 is 2.05 bits per heavy atom. The van der Waals surface area contributed by atoms with Crippen LogP contribution in [0.1, 0.15) is 23.7 Å². The van der Waals surface area contributed by atoms with Gasteiger partial charge in [-0.3, -0.25) is 4.79 Å². The highest BCUT2D eigenvalue weighted by molar-refractivity contribution is 9.10. The van der Waals surface area contributed by atoms with Gasteiger partial charge in [-0.05, 0) is 30.4 Å². The van der Waals surface area contributed by atoms with Crippen LogP contribution in [0.5, 0.6) is 0 Å². The number of fused-ring (bicyclic) bond motifs is 1. The minimum absolute atomic E-state index is 0.0555. The van der Waals surface area contributed by atoms with E-state index in [2.05, 4.69) is 21.2 Å². The molecule has 3 nitrogen and oxygen atoms in total. The van der Waals surface area contributed by atoms with Gasteiger partial charge in [0.25, 0.3) is 5.91 Å². The summed E-state index contributed by atoms with van der Waals surface area (Å²) in [5, 5.41) is 3.33. The molecule has 2 saturated heterocycles. The van der Waals surface area contributed by atoms with Gasteiger partial charge in [0.15, 0.2) is 0 Å².